The summed E-state index contributed by atoms with van der Waals surface area (Å²) in [7, 11) is -3.80. The van der Waals surface area contributed by atoms with Crippen LogP contribution >= 0.6 is 15.9 Å². The molecule has 0 spiro atoms. The Morgan fingerprint density at radius 1 is 1.33 bits per heavy atom. The lowest BCUT2D eigenvalue weighted by Gasteiger charge is -2.29. The summed E-state index contributed by atoms with van der Waals surface area (Å²) < 4.78 is 50.2. The zero-order chi connectivity index (χ0) is 18.1. The fourth-order valence-electron chi connectivity index (χ4n) is 2.40. The zero-order valence-electron chi connectivity index (χ0n) is 12.4. The van der Waals surface area contributed by atoms with Crippen molar-refractivity contribution in [2.75, 3.05) is 18.4 Å². The van der Waals surface area contributed by atoms with Gasteiger partial charge in [-0.2, -0.15) is 12.7 Å². The Morgan fingerprint density at radius 3 is 2.46 bits per heavy atom. The van der Waals surface area contributed by atoms with Gasteiger partial charge < -0.3 is 5.32 Å². The van der Waals surface area contributed by atoms with Gasteiger partial charge in [-0.3, -0.25) is 10.2 Å². The van der Waals surface area contributed by atoms with E-state index in [1.807, 2.05) is 0 Å². The third-order valence-electron chi connectivity index (χ3n) is 3.73. The van der Waals surface area contributed by atoms with E-state index in [-0.39, 0.29) is 31.6 Å². The molecule has 0 bridgehead atoms. The van der Waals surface area contributed by atoms with Gasteiger partial charge in [0.15, 0.2) is 11.7 Å². The SMILES string of the molecule is N=C(Nc1ccc(F)c(Br)c1F)C(=O)C1CCN(S(N)(=O)=O)CC1. The van der Waals surface area contributed by atoms with Gasteiger partial charge in [0.25, 0.3) is 10.2 Å². The van der Waals surface area contributed by atoms with Gasteiger partial charge in [-0.25, -0.2) is 13.9 Å². The number of nitrogens with two attached hydrogens (primary N) is 1. The quantitative estimate of drug-likeness (QED) is 0.386. The first-order chi connectivity index (χ1) is 11.1. The number of carbonyl (C=O) groups is 1. The largest absolute Gasteiger partial charge is 0.335 e. The van der Waals surface area contributed by atoms with Gasteiger partial charge in [0.05, 0.1) is 10.2 Å². The van der Waals surface area contributed by atoms with Crippen molar-refractivity contribution < 1.29 is 22.0 Å². The van der Waals surface area contributed by atoms with E-state index >= 15 is 0 Å². The first kappa shape index (κ1) is 18.9. The Hall–Kier alpha value is -1.43. The average Bonchev–Trinajstić information content (AvgIpc) is 2.54. The highest BCUT2D eigenvalue weighted by Gasteiger charge is 2.31. The van der Waals surface area contributed by atoms with Crippen LogP contribution in [0.3, 0.4) is 0 Å². The molecule has 1 heterocycles. The Bertz CT molecular complexity index is 780. The number of nitrogens with one attached hydrogen (secondary N) is 2. The average molecular weight is 425 g/mol. The van der Waals surface area contributed by atoms with Crippen molar-refractivity contribution in [2.24, 2.45) is 11.1 Å². The predicted molar refractivity (Wildman–Crippen MR) is 87.8 cm³/mol. The molecule has 11 heteroatoms. The predicted octanol–water partition coefficient (Wildman–Crippen LogP) is 1.60. The number of piperidine rings is 1. The normalized spacial score (nSPS) is 16.8. The molecule has 0 aromatic heterocycles. The van der Waals surface area contributed by atoms with Crippen LogP contribution < -0.4 is 10.5 Å². The first-order valence-corrected chi connectivity index (χ1v) is 9.22. The topological polar surface area (TPSA) is 116 Å². The molecule has 24 heavy (non-hydrogen) atoms. The Kier molecular flexibility index (Phi) is 5.68. The molecular weight excluding hydrogens is 410 g/mol. The molecule has 7 nitrogen and oxygen atoms in total. The van der Waals surface area contributed by atoms with Gasteiger partial charge in [-0.05, 0) is 40.9 Å². The summed E-state index contributed by atoms with van der Waals surface area (Å²) in [4.78, 5) is 12.2. The van der Waals surface area contributed by atoms with Crippen LogP contribution in [-0.2, 0) is 15.0 Å². The molecule has 1 aliphatic heterocycles. The number of nitrogens with zero attached hydrogens (tertiary/aromatic N) is 1. The molecular formula is C13H15BrF2N4O3S. The lowest BCUT2D eigenvalue weighted by Crippen LogP contribution is -2.44. The van der Waals surface area contributed by atoms with E-state index in [1.165, 1.54) is 0 Å². The molecule has 0 aliphatic carbocycles. The van der Waals surface area contributed by atoms with Crippen LogP contribution in [0.2, 0.25) is 0 Å². The van der Waals surface area contributed by atoms with E-state index in [1.54, 1.807) is 0 Å². The third-order valence-corrected chi connectivity index (χ3v) is 5.54. The summed E-state index contributed by atoms with van der Waals surface area (Å²) in [6.07, 6.45) is 0.434. The number of carbonyl (C=O) groups excluding carboxylic acids is 1. The van der Waals surface area contributed by atoms with Crippen molar-refractivity contribution in [3.05, 3.63) is 28.2 Å². The smallest absolute Gasteiger partial charge is 0.276 e. The maximum Gasteiger partial charge on any atom is 0.276 e. The Balaban J connectivity index is 2.01. The molecule has 0 radical (unpaired) electrons. The summed E-state index contributed by atoms with van der Waals surface area (Å²) in [5.74, 6) is -3.41. The molecule has 1 aromatic carbocycles. The highest BCUT2D eigenvalue weighted by Crippen LogP contribution is 2.26. The van der Waals surface area contributed by atoms with Gasteiger partial charge in [-0.1, -0.05) is 0 Å². The van der Waals surface area contributed by atoms with Crippen molar-refractivity contribution in [3.8, 4) is 0 Å². The molecule has 1 aromatic rings. The van der Waals surface area contributed by atoms with Crippen LogP contribution in [0, 0.1) is 23.0 Å². The molecule has 0 amide bonds. The maximum absolute atomic E-state index is 13.9. The number of amidine groups is 1. The second-order valence-corrected chi connectivity index (χ2v) is 7.64. The van der Waals surface area contributed by atoms with Crippen LogP contribution in [0.15, 0.2) is 16.6 Å². The lowest BCUT2D eigenvalue weighted by atomic mass is 9.93. The van der Waals surface area contributed by atoms with Crippen molar-refractivity contribution >= 4 is 43.4 Å². The first-order valence-electron chi connectivity index (χ1n) is 6.92. The molecule has 132 valence electrons. The van der Waals surface area contributed by atoms with E-state index < -0.39 is 43.9 Å². The van der Waals surface area contributed by atoms with Crippen LogP contribution in [0.4, 0.5) is 14.5 Å². The minimum atomic E-state index is -3.80. The van der Waals surface area contributed by atoms with Crippen LogP contribution in [0.5, 0.6) is 0 Å². The summed E-state index contributed by atoms with van der Waals surface area (Å²) in [6.45, 7) is 0.165. The fraction of sp³-hybridized carbons (Fsp3) is 0.385. The lowest BCUT2D eigenvalue weighted by molar-refractivity contribution is -0.117. The maximum atomic E-state index is 13.9. The van der Waals surface area contributed by atoms with E-state index in [4.69, 9.17) is 10.5 Å². The van der Waals surface area contributed by atoms with Gasteiger partial charge in [-0.15, -0.1) is 0 Å². The Labute approximate surface area is 146 Å². The molecule has 1 fully saturated rings. The van der Waals surface area contributed by atoms with Gasteiger partial charge in [0, 0.05) is 19.0 Å². The van der Waals surface area contributed by atoms with Crippen LogP contribution in [0.1, 0.15) is 12.8 Å². The minimum absolute atomic E-state index is 0.0823. The van der Waals surface area contributed by atoms with Crippen molar-refractivity contribution in [1.82, 2.24) is 4.31 Å². The third kappa shape index (κ3) is 4.15. The molecule has 1 aliphatic rings. The highest BCUT2D eigenvalue weighted by atomic mass is 79.9. The van der Waals surface area contributed by atoms with Crippen molar-refractivity contribution in [2.45, 2.75) is 12.8 Å². The zero-order valence-corrected chi connectivity index (χ0v) is 14.8. The monoisotopic (exact) mass is 424 g/mol. The second-order valence-electron chi connectivity index (χ2n) is 5.31. The second kappa shape index (κ2) is 7.21. The van der Waals surface area contributed by atoms with E-state index in [2.05, 4.69) is 21.2 Å². The number of benzene rings is 1. The summed E-state index contributed by atoms with van der Waals surface area (Å²) in [6, 6.07) is 2.08. The number of hydrogen-bond acceptors (Lipinski definition) is 4. The number of hydrogen-bond donors (Lipinski definition) is 3. The van der Waals surface area contributed by atoms with E-state index in [9.17, 15) is 22.0 Å². The molecule has 0 atom stereocenters. The molecule has 0 unspecified atom stereocenters. The summed E-state index contributed by atoms with van der Waals surface area (Å²) >= 11 is 2.74. The van der Waals surface area contributed by atoms with Gasteiger partial charge in [0.1, 0.15) is 5.82 Å². The summed E-state index contributed by atoms with van der Waals surface area (Å²) in [5.41, 5.74) is -0.205. The summed E-state index contributed by atoms with van der Waals surface area (Å²) in [5, 5.41) is 15.1. The minimum Gasteiger partial charge on any atom is -0.335 e. The van der Waals surface area contributed by atoms with Crippen LogP contribution in [0.25, 0.3) is 0 Å². The molecule has 1 saturated heterocycles. The number of rotatable bonds is 4. The van der Waals surface area contributed by atoms with Crippen molar-refractivity contribution in [1.29, 1.82) is 5.41 Å². The Morgan fingerprint density at radius 2 is 1.92 bits per heavy atom. The van der Waals surface area contributed by atoms with Crippen LogP contribution in [-0.4, -0.2) is 37.4 Å². The van der Waals surface area contributed by atoms with Crippen molar-refractivity contribution in [3.63, 3.8) is 0 Å². The molecule has 0 saturated carbocycles. The fourth-order valence-corrected chi connectivity index (χ4v) is 3.46. The van der Waals surface area contributed by atoms with E-state index in [0.29, 0.717) is 0 Å². The number of halogens is 3. The van der Waals surface area contributed by atoms with Gasteiger partial charge >= 0.3 is 0 Å². The number of anilines is 1. The van der Waals surface area contributed by atoms with E-state index in [0.717, 1.165) is 16.4 Å². The number of ketones is 1. The molecule has 4 N–H and O–H groups in total. The molecule has 2 rings (SSSR count). The van der Waals surface area contributed by atoms with Gasteiger partial charge in [0.2, 0.25) is 5.78 Å². The standard InChI is InChI=1S/C13H15BrF2N4O3S/c14-10-8(15)1-2-9(11(10)16)19-13(17)12(21)7-3-5-20(6-4-7)24(18,22)23/h1-2,7H,3-6H2,(H2,17,19)(H2,18,22,23). The number of Topliss-reactive ketones (excluding diaryl/α,β-unsaturated/α-hetero) is 1. The highest BCUT2D eigenvalue weighted by molar-refractivity contribution is 9.10.